The van der Waals surface area contributed by atoms with Gasteiger partial charge in [-0.15, -0.1) is 0 Å². The molecule has 2 atom stereocenters. The molecular weight excluding hydrogens is 224 g/mol. The lowest BCUT2D eigenvalue weighted by Gasteiger charge is -2.39. The summed E-state index contributed by atoms with van der Waals surface area (Å²) < 4.78 is 5.48. The van der Waals surface area contributed by atoms with E-state index in [2.05, 4.69) is 48.5 Å². The van der Waals surface area contributed by atoms with E-state index in [4.69, 9.17) is 4.74 Å². The minimum atomic E-state index is 0.592. The van der Waals surface area contributed by atoms with E-state index in [1.807, 2.05) is 6.92 Å². The zero-order valence-electron chi connectivity index (χ0n) is 11.6. The Hall–Kier alpha value is -1.22. The number of hydrogen-bond donors (Lipinski definition) is 1. The fraction of sp³-hybridized carbons (Fsp3) is 0.600. The van der Waals surface area contributed by atoms with Gasteiger partial charge in [-0.25, -0.2) is 0 Å². The van der Waals surface area contributed by atoms with Crippen molar-refractivity contribution in [3.63, 3.8) is 0 Å². The van der Waals surface area contributed by atoms with Crippen LogP contribution < -0.4 is 15.0 Å². The van der Waals surface area contributed by atoms with E-state index in [0.29, 0.717) is 12.1 Å². The van der Waals surface area contributed by atoms with Gasteiger partial charge in [0.15, 0.2) is 0 Å². The molecule has 0 aliphatic carbocycles. The predicted molar refractivity (Wildman–Crippen MR) is 76.5 cm³/mol. The number of benzene rings is 1. The molecule has 100 valence electrons. The third-order valence-corrected chi connectivity index (χ3v) is 3.76. The zero-order valence-corrected chi connectivity index (χ0v) is 11.6. The first-order valence-electron chi connectivity index (χ1n) is 6.91. The number of anilines is 1. The second-order valence-electron chi connectivity index (χ2n) is 4.98. The SMILES string of the molecule is CCOc1ccc(N2CCC(NC)CC2C)cc1. The lowest BCUT2D eigenvalue weighted by molar-refractivity contribution is 0.340. The van der Waals surface area contributed by atoms with E-state index in [1.165, 1.54) is 18.5 Å². The van der Waals surface area contributed by atoms with Crippen LogP contribution in [-0.4, -0.2) is 32.3 Å². The maximum Gasteiger partial charge on any atom is 0.119 e. The van der Waals surface area contributed by atoms with Crippen LogP contribution >= 0.6 is 0 Å². The Bertz CT molecular complexity index is 363. The standard InChI is InChI=1S/C15H24N2O/c1-4-18-15-7-5-14(6-8-15)17-10-9-13(16-3)11-12(17)2/h5-8,12-13,16H,4,9-11H2,1-3H3. The van der Waals surface area contributed by atoms with Crippen LogP contribution in [0.4, 0.5) is 5.69 Å². The average Bonchev–Trinajstić information content (AvgIpc) is 2.40. The first-order valence-corrected chi connectivity index (χ1v) is 6.91. The van der Waals surface area contributed by atoms with Crippen molar-refractivity contribution in [3.05, 3.63) is 24.3 Å². The second kappa shape index (κ2) is 6.10. The number of ether oxygens (including phenoxy) is 1. The second-order valence-corrected chi connectivity index (χ2v) is 4.98. The van der Waals surface area contributed by atoms with Crippen molar-refractivity contribution in [1.29, 1.82) is 0 Å². The summed E-state index contributed by atoms with van der Waals surface area (Å²) in [5.74, 6) is 0.957. The Labute approximate surface area is 110 Å². The summed E-state index contributed by atoms with van der Waals surface area (Å²) in [6, 6.07) is 9.72. The fourth-order valence-corrected chi connectivity index (χ4v) is 2.72. The number of piperidine rings is 1. The van der Waals surface area contributed by atoms with Gasteiger partial charge in [-0.2, -0.15) is 0 Å². The van der Waals surface area contributed by atoms with Crippen molar-refractivity contribution in [2.75, 3.05) is 25.1 Å². The van der Waals surface area contributed by atoms with E-state index >= 15 is 0 Å². The minimum absolute atomic E-state index is 0.592. The molecule has 1 heterocycles. The third kappa shape index (κ3) is 2.96. The molecule has 1 fully saturated rings. The smallest absolute Gasteiger partial charge is 0.119 e. The first-order chi connectivity index (χ1) is 8.74. The quantitative estimate of drug-likeness (QED) is 0.886. The van der Waals surface area contributed by atoms with E-state index < -0.39 is 0 Å². The van der Waals surface area contributed by atoms with E-state index in [-0.39, 0.29) is 0 Å². The molecule has 0 aromatic heterocycles. The van der Waals surface area contributed by atoms with E-state index in [9.17, 15) is 0 Å². The minimum Gasteiger partial charge on any atom is -0.494 e. The summed E-state index contributed by atoms with van der Waals surface area (Å²) in [5.41, 5.74) is 1.31. The summed E-state index contributed by atoms with van der Waals surface area (Å²) in [6.45, 7) is 6.17. The Morgan fingerprint density at radius 3 is 2.61 bits per heavy atom. The number of nitrogens with zero attached hydrogens (tertiary/aromatic N) is 1. The fourth-order valence-electron chi connectivity index (χ4n) is 2.72. The van der Waals surface area contributed by atoms with Gasteiger partial charge in [-0.1, -0.05) is 0 Å². The number of rotatable bonds is 4. The summed E-state index contributed by atoms with van der Waals surface area (Å²) in [7, 11) is 2.06. The molecule has 0 saturated carbocycles. The van der Waals surface area contributed by atoms with Gasteiger partial charge in [0.05, 0.1) is 6.61 Å². The number of nitrogens with one attached hydrogen (secondary N) is 1. The van der Waals surface area contributed by atoms with Crippen LogP contribution in [0, 0.1) is 0 Å². The molecule has 0 bridgehead atoms. The molecule has 1 aliphatic heterocycles. The van der Waals surface area contributed by atoms with E-state index in [1.54, 1.807) is 0 Å². The maximum absolute atomic E-state index is 5.48. The van der Waals surface area contributed by atoms with Crippen LogP contribution in [0.25, 0.3) is 0 Å². The highest BCUT2D eigenvalue weighted by Crippen LogP contribution is 2.26. The van der Waals surface area contributed by atoms with Crippen molar-refractivity contribution >= 4 is 5.69 Å². The molecule has 0 amide bonds. The molecule has 3 heteroatoms. The summed E-state index contributed by atoms with van der Waals surface area (Å²) in [5, 5.41) is 3.39. The van der Waals surface area contributed by atoms with Gasteiger partial charge in [-0.05, 0) is 58.0 Å². The van der Waals surface area contributed by atoms with Gasteiger partial charge in [0.2, 0.25) is 0 Å². The molecule has 0 spiro atoms. The summed E-state index contributed by atoms with van der Waals surface area (Å²) in [6.07, 6.45) is 2.43. The molecule has 1 saturated heterocycles. The van der Waals surface area contributed by atoms with Crippen LogP contribution in [0.2, 0.25) is 0 Å². The Kier molecular flexibility index (Phi) is 4.48. The van der Waals surface area contributed by atoms with Crippen LogP contribution in [0.5, 0.6) is 5.75 Å². The lowest BCUT2D eigenvalue weighted by atomic mass is 9.98. The van der Waals surface area contributed by atoms with Crippen molar-refractivity contribution in [2.45, 2.75) is 38.8 Å². The Morgan fingerprint density at radius 2 is 2.06 bits per heavy atom. The van der Waals surface area contributed by atoms with Crippen molar-refractivity contribution in [3.8, 4) is 5.75 Å². The third-order valence-electron chi connectivity index (χ3n) is 3.76. The topological polar surface area (TPSA) is 24.5 Å². The molecule has 1 aliphatic rings. The van der Waals surface area contributed by atoms with Gasteiger partial charge in [-0.3, -0.25) is 0 Å². The average molecular weight is 248 g/mol. The molecule has 1 N–H and O–H groups in total. The predicted octanol–water partition coefficient (Wildman–Crippen LogP) is 2.66. The van der Waals surface area contributed by atoms with Gasteiger partial charge in [0.25, 0.3) is 0 Å². The van der Waals surface area contributed by atoms with Gasteiger partial charge >= 0.3 is 0 Å². The van der Waals surface area contributed by atoms with Crippen molar-refractivity contribution < 1.29 is 4.74 Å². The molecule has 1 aromatic carbocycles. The molecule has 2 unspecified atom stereocenters. The Morgan fingerprint density at radius 1 is 1.33 bits per heavy atom. The normalized spacial score (nSPS) is 24.1. The first kappa shape index (κ1) is 13.2. The molecular formula is C15H24N2O. The van der Waals surface area contributed by atoms with Crippen molar-refractivity contribution in [1.82, 2.24) is 5.32 Å². The lowest BCUT2D eigenvalue weighted by Crippen LogP contribution is -2.46. The maximum atomic E-state index is 5.48. The number of hydrogen-bond acceptors (Lipinski definition) is 3. The van der Waals surface area contributed by atoms with Gasteiger partial charge in [0.1, 0.15) is 5.75 Å². The molecule has 0 radical (unpaired) electrons. The largest absolute Gasteiger partial charge is 0.494 e. The molecule has 2 rings (SSSR count). The van der Waals surface area contributed by atoms with Crippen LogP contribution in [0.3, 0.4) is 0 Å². The molecule has 18 heavy (non-hydrogen) atoms. The van der Waals surface area contributed by atoms with Crippen molar-refractivity contribution in [2.24, 2.45) is 0 Å². The molecule has 3 nitrogen and oxygen atoms in total. The summed E-state index contributed by atoms with van der Waals surface area (Å²) >= 11 is 0. The zero-order chi connectivity index (χ0) is 13.0. The molecule has 1 aromatic rings. The van der Waals surface area contributed by atoms with E-state index in [0.717, 1.165) is 18.9 Å². The summed E-state index contributed by atoms with van der Waals surface area (Å²) in [4.78, 5) is 2.49. The van der Waals surface area contributed by atoms with Gasteiger partial charge in [0, 0.05) is 24.3 Å². The highest BCUT2D eigenvalue weighted by Gasteiger charge is 2.24. The van der Waals surface area contributed by atoms with Crippen LogP contribution in [-0.2, 0) is 0 Å². The Balaban J connectivity index is 2.03. The highest BCUT2D eigenvalue weighted by atomic mass is 16.5. The van der Waals surface area contributed by atoms with Crippen LogP contribution in [0.1, 0.15) is 26.7 Å². The monoisotopic (exact) mass is 248 g/mol. The highest BCUT2D eigenvalue weighted by molar-refractivity contribution is 5.50. The van der Waals surface area contributed by atoms with Gasteiger partial charge < -0.3 is 15.0 Å². The van der Waals surface area contributed by atoms with Crippen LogP contribution in [0.15, 0.2) is 24.3 Å².